The van der Waals surface area contributed by atoms with E-state index < -0.39 is 11.6 Å². The van der Waals surface area contributed by atoms with Gasteiger partial charge in [0.15, 0.2) is 11.6 Å². The van der Waals surface area contributed by atoms with Crippen molar-refractivity contribution in [3.8, 4) is 0 Å². The minimum atomic E-state index is -0.768. The summed E-state index contributed by atoms with van der Waals surface area (Å²) in [5, 5.41) is 3.22. The molecule has 0 aromatic heterocycles. The summed E-state index contributed by atoms with van der Waals surface area (Å²) in [6.45, 7) is 3.49. The first-order valence-electron chi connectivity index (χ1n) is 5.80. The van der Waals surface area contributed by atoms with Crippen molar-refractivity contribution in [2.45, 2.75) is 32.7 Å². The van der Waals surface area contributed by atoms with Gasteiger partial charge in [-0.15, -0.1) is 12.4 Å². The molecule has 4 heteroatoms. The number of rotatable bonds is 5. The Kier molecular flexibility index (Phi) is 4.90. The lowest BCUT2D eigenvalue weighted by Gasteiger charge is -2.13. The fraction of sp³-hybridized carbons (Fsp3) is 0.538. The summed E-state index contributed by atoms with van der Waals surface area (Å²) in [4.78, 5) is 0. The van der Waals surface area contributed by atoms with Gasteiger partial charge in [0.05, 0.1) is 0 Å². The SMILES string of the molecule is CCC1(CNCc2cccc(F)c2F)CC1.Cl. The average Bonchev–Trinajstić information content (AvgIpc) is 3.05. The molecule has 1 fully saturated rings. The Morgan fingerprint density at radius 2 is 2.00 bits per heavy atom. The van der Waals surface area contributed by atoms with E-state index >= 15 is 0 Å². The molecule has 1 aromatic rings. The quantitative estimate of drug-likeness (QED) is 0.853. The van der Waals surface area contributed by atoms with E-state index in [0.29, 0.717) is 17.5 Å². The van der Waals surface area contributed by atoms with Crippen molar-refractivity contribution >= 4 is 12.4 Å². The number of benzene rings is 1. The molecule has 0 radical (unpaired) electrons. The van der Waals surface area contributed by atoms with Crippen molar-refractivity contribution in [2.75, 3.05) is 6.54 Å². The Balaban J connectivity index is 0.00000144. The number of halogens is 3. The van der Waals surface area contributed by atoms with Crippen molar-refractivity contribution < 1.29 is 8.78 Å². The highest BCUT2D eigenvalue weighted by atomic mass is 35.5. The average molecular weight is 262 g/mol. The van der Waals surface area contributed by atoms with Gasteiger partial charge < -0.3 is 5.32 Å². The van der Waals surface area contributed by atoms with Gasteiger partial charge in [-0.3, -0.25) is 0 Å². The molecule has 1 aliphatic rings. The normalized spacial score (nSPS) is 16.4. The van der Waals surface area contributed by atoms with Crippen molar-refractivity contribution in [1.82, 2.24) is 5.32 Å². The molecule has 0 saturated heterocycles. The van der Waals surface area contributed by atoms with Crippen LogP contribution < -0.4 is 5.32 Å². The van der Waals surface area contributed by atoms with Crippen molar-refractivity contribution in [3.05, 3.63) is 35.4 Å². The summed E-state index contributed by atoms with van der Waals surface area (Å²) in [5.74, 6) is -1.49. The van der Waals surface area contributed by atoms with Gasteiger partial charge in [0, 0.05) is 18.7 Å². The third-order valence-corrected chi connectivity index (χ3v) is 3.55. The van der Waals surface area contributed by atoms with Gasteiger partial charge in [0.25, 0.3) is 0 Å². The Morgan fingerprint density at radius 1 is 1.29 bits per heavy atom. The van der Waals surface area contributed by atoms with Gasteiger partial charge in [-0.25, -0.2) is 8.78 Å². The molecule has 1 aliphatic carbocycles. The van der Waals surface area contributed by atoms with E-state index in [1.54, 1.807) is 12.1 Å². The summed E-state index contributed by atoms with van der Waals surface area (Å²) >= 11 is 0. The van der Waals surface area contributed by atoms with Gasteiger partial charge in [-0.05, 0) is 30.7 Å². The van der Waals surface area contributed by atoms with Crippen LogP contribution in [0.2, 0.25) is 0 Å². The lowest BCUT2D eigenvalue weighted by atomic mass is 10.0. The zero-order valence-corrected chi connectivity index (χ0v) is 10.7. The highest BCUT2D eigenvalue weighted by Gasteiger charge is 2.39. The lowest BCUT2D eigenvalue weighted by Crippen LogP contribution is -2.23. The summed E-state index contributed by atoms with van der Waals surface area (Å²) in [7, 11) is 0. The molecule has 17 heavy (non-hydrogen) atoms. The Labute approximate surface area is 107 Å². The number of hydrogen-bond acceptors (Lipinski definition) is 1. The molecule has 0 aliphatic heterocycles. The van der Waals surface area contributed by atoms with Crippen molar-refractivity contribution in [2.24, 2.45) is 5.41 Å². The van der Waals surface area contributed by atoms with Crippen LogP contribution in [0.25, 0.3) is 0 Å². The predicted molar refractivity (Wildman–Crippen MR) is 67.3 cm³/mol. The number of nitrogens with one attached hydrogen (secondary N) is 1. The first-order valence-corrected chi connectivity index (χ1v) is 5.80. The summed E-state index contributed by atoms with van der Waals surface area (Å²) < 4.78 is 26.2. The van der Waals surface area contributed by atoms with Gasteiger partial charge in [-0.2, -0.15) is 0 Å². The van der Waals surface area contributed by atoms with Crippen LogP contribution in [0.1, 0.15) is 31.7 Å². The van der Waals surface area contributed by atoms with E-state index in [0.717, 1.165) is 19.0 Å². The molecule has 1 N–H and O–H groups in total. The zero-order valence-electron chi connectivity index (χ0n) is 9.93. The molecular formula is C13H18ClF2N. The fourth-order valence-corrected chi connectivity index (χ4v) is 1.98. The highest BCUT2D eigenvalue weighted by molar-refractivity contribution is 5.85. The monoisotopic (exact) mass is 261 g/mol. The van der Waals surface area contributed by atoms with E-state index in [4.69, 9.17) is 0 Å². The maximum absolute atomic E-state index is 13.3. The molecule has 0 bridgehead atoms. The fourth-order valence-electron chi connectivity index (χ4n) is 1.98. The molecule has 0 amide bonds. The van der Waals surface area contributed by atoms with Crippen molar-refractivity contribution in [1.29, 1.82) is 0 Å². The third kappa shape index (κ3) is 3.39. The smallest absolute Gasteiger partial charge is 0.163 e. The maximum Gasteiger partial charge on any atom is 0.163 e. The van der Waals surface area contributed by atoms with Gasteiger partial charge in [-0.1, -0.05) is 19.1 Å². The molecule has 0 heterocycles. The van der Waals surface area contributed by atoms with Crippen LogP contribution in [0.15, 0.2) is 18.2 Å². The second-order valence-electron chi connectivity index (χ2n) is 4.67. The topological polar surface area (TPSA) is 12.0 Å². The highest BCUT2D eigenvalue weighted by Crippen LogP contribution is 2.47. The lowest BCUT2D eigenvalue weighted by molar-refractivity contribution is 0.435. The molecular weight excluding hydrogens is 244 g/mol. The molecule has 0 unspecified atom stereocenters. The first kappa shape index (κ1) is 14.4. The van der Waals surface area contributed by atoms with E-state index in [2.05, 4.69) is 12.2 Å². The van der Waals surface area contributed by atoms with E-state index in [1.165, 1.54) is 12.8 Å². The van der Waals surface area contributed by atoms with E-state index in [9.17, 15) is 8.78 Å². The minimum Gasteiger partial charge on any atom is -0.312 e. The molecule has 0 atom stereocenters. The summed E-state index contributed by atoms with van der Waals surface area (Å²) in [6, 6.07) is 4.31. The summed E-state index contributed by atoms with van der Waals surface area (Å²) in [5.41, 5.74) is 0.843. The van der Waals surface area contributed by atoms with Crippen LogP contribution >= 0.6 is 12.4 Å². The number of hydrogen-bond donors (Lipinski definition) is 1. The largest absolute Gasteiger partial charge is 0.312 e. The maximum atomic E-state index is 13.3. The van der Waals surface area contributed by atoms with Crippen LogP contribution in [-0.2, 0) is 6.54 Å². The Hall–Kier alpha value is -0.670. The molecule has 1 saturated carbocycles. The zero-order chi connectivity index (χ0) is 11.6. The Bertz CT molecular complexity index is 378. The first-order chi connectivity index (χ1) is 7.67. The molecule has 1 nitrogen and oxygen atoms in total. The molecule has 2 rings (SSSR count). The molecule has 0 spiro atoms. The van der Waals surface area contributed by atoms with Gasteiger partial charge >= 0.3 is 0 Å². The molecule has 96 valence electrons. The van der Waals surface area contributed by atoms with Gasteiger partial charge in [0.2, 0.25) is 0 Å². The minimum absolute atomic E-state index is 0. The third-order valence-electron chi connectivity index (χ3n) is 3.55. The van der Waals surface area contributed by atoms with Crippen LogP contribution in [-0.4, -0.2) is 6.54 Å². The predicted octanol–water partition coefficient (Wildman–Crippen LogP) is 3.67. The van der Waals surface area contributed by atoms with Crippen molar-refractivity contribution in [3.63, 3.8) is 0 Å². The van der Waals surface area contributed by atoms with Crippen LogP contribution in [0.4, 0.5) is 8.78 Å². The standard InChI is InChI=1S/C13H17F2N.ClH/c1-2-13(6-7-13)9-16-8-10-4-3-5-11(14)12(10)15;/h3-5,16H,2,6-9H2,1H3;1H. The molecule has 1 aromatic carbocycles. The van der Waals surface area contributed by atoms with Crippen LogP contribution in [0, 0.1) is 17.0 Å². The second kappa shape index (κ2) is 5.78. The van der Waals surface area contributed by atoms with E-state index in [1.807, 2.05) is 0 Å². The second-order valence-corrected chi connectivity index (χ2v) is 4.67. The summed E-state index contributed by atoms with van der Waals surface area (Å²) in [6.07, 6.45) is 3.66. The van der Waals surface area contributed by atoms with Crippen LogP contribution in [0.5, 0.6) is 0 Å². The van der Waals surface area contributed by atoms with Gasteiger partial charge in [0.1, 0.15) is 0 Å². The van der Waals surface area contributed by atoms with E-state index in [-0.39, 0.29) is 12.4 Å². The Morgan fingerprint density at radius 3 is 2.59 bits per heavy atom. The van der Waals surface area contributed by atoms with Crippen LogP contribution in [0.3, 0.4) is 0 Å².